The van der Waals surface area contributed by atoms with Gasteiger partial charge in [-0.2, -0.15) is 8.42 Å². The van der Waals surface area contributed by atoms with Gasteiger partial charge in [-0.05, 0) is 57.7 Å². The fraction of sp³-hybridized carbons (Fsp3) is 0.200. The Morgan fingerprint density at radius 1 is 1.10 bits per heavy atom. The number of rotatable bonds is 5. The quantitative estimate of drug-likeness (QED) is 0.305. The topological polar surface area (TPSA) is 99.9 Å². The lowest BCUT2D eigenvalue weighted by atomic mass is 10.00. The fourth-order valence-electron chi connectivity index (χ4n) is 2.80. The third kappa shape index (κ3) is 4.35. The minimum atomic E-state index is -4.25. The number of carbonyl (C=O) groups excluding carboxylic acids is 1. The highest BCUT2D eigenvalue weighted by atomic mass is 79.9. The number of fused-ring (bicyclic) bond motifs is 1. The summed E-state index contributed by atoms with van der Waals surface area (Å²) in [4.78, 5) is 23.4. The summed E-state index contributed by atoms with van der Waals surface area (Å²) >= 11 is 3.18. The molecule has 0 amide bonds. The molecule has 0 N–H and O–H groups in total. The van der Waals surface area contributed by atoms with Crippen LogP contribution in [0.1, 0.15) is 35.7 Å². The number of hydrogen-bond acceptors (Lipinski definition) is 7. The number of hydrogen-bond donors (Lipinski definition) is 0. The molecule has 7 nitrogen and oxygen atoms in total. The molecular weight excluding hydrogens is 464 g/mol. The molecule has 0 radical (unpaired) electrons. The van der Waals surface area contributed by atoms with Gasteiger partial charge in [-0.1, -0.05) is 13.8 Å². The molecule has 29 heavy (non-hydrogen) atoms. The van der Waals surface area contributed by atoms with Crippen LogP contribution in [0.5, 0.6) is 5.75 Å². The average molecular weight is 481 g/mol. The van der Waals surface area contributed by atoms with Crippen molar-refractivity contribution in [1.82, 2.24) is 0 Å². The van der Waals surface area contributed by atoms with Gasteiger partial charge in [-0.3, -0.25) is 0 Å². The summed E-state index contributed by atoms with van der Waals surface area (Å²) in [7, 11) is -3.05. The number of carbonyl (C=O) groups is 1. The van der Waals surface area contributed by atoms with Gasteiger partial charge < -0.3 is 13.3 Å². The van der Waals surface area contributed by atoms with Crippen LogP contribution >= 0.6 is 15.9 Å². The molecule has 0 aliphatic heterocycles. The van der Waals surface area contributed by atoms with Gasteiger partial charge in [0.25, 0.3) is 0 Å². The van der Waals surface area contributed by atoms with E-state index in [2.05, 4.69) is 20.7 Å². The molecule has 0 aliphatic carbocycles. The third-order valence-corrected chi connectivity index (χ3v) is 6.14. The molecule has 2 aromatic carbocycles. The molecule has 0 saturated heterocycles. The molecule has 0 atom stereocenters. The largest absolute Gasteiger partial charge is 0.465 e. The smallest absolute Gasteiger partial charge is 0.339 e. The monoisotopic (exact) mass is 480 g/mol. The van der Waals surface area contributed by atoms with E-state index in [1.807, 2.05) is 13.8 Å². The highest BCUT2D eigenvalue weighted by Crippen LogP contribution is 2.29. The Labute approximate surface area is 175 Å². The number of ether oxygens (including phenoxy) is 1. The van der Waals surface area contributed by atoms with Crippen LogP contribution in [0.15, 0.2) is 61.0 Å². The van der Waals surface area contributed by atoms with Crippen LogP contribution in [0.4, 0.5) is 0 Å². The molecule has 152 valence electrons. The summed E-state index contributed by atoms with van der Waals surface area (Å²) in [5.74, 6) is -0.636. The molecule has 1 aromatic heterocycles. The molecule has 0 aliphatic rings. The summed E-state index contributed by atoms with van der Waals surface area (Å²) in [6.45, 7) is 3.88. The Bertz CT molecular complexity index is 1260. The van der Waals surface area contributed by atoms with Gasteiger partial charge in [0.2, 0.25) is 0 Å². The van der Waals surface area contributed by atoms with E-state index >= 15 is 0 Å². The highest BCUT2D eigenvalue weighted by molar-refractivity contribution is 9.10. The van der Waals surface area contributed by atoms with Crippen LogP contribution in [0, 0.1) is 0 Å². The zero-order chi connectivity index (χ0) is 21.3. The highest BCUT2D eigenvalue weighted by Gasteiger charge is 2.21. The second-order valence-electron chi connectivity index (χ2n) is 6.50. The summed E-state index contributed by atoms with van der Waals surface area (Å²) < 4.78 is 40.8. The van der Waals surface area contributed by atoms with Crippen molar-refractivity contribution in [3.8, 4) is 5.75 Å². The molecule has 0 fully saturated rings. The zero-order valence-electron chi connectivity index (χ0n) is 15.8. The number of benzene rings is 2. The lowest BCUT2D eigenvalue weighted by Gasteiger charge is -2.11. The number of esters is 1. The minimum absolute atomic E-state index is 0.0240. The molecule has 3 rings (SSSR count). The summed E-state index contributed by atoms with van der Waals surface area (Å²) in [5.41, 5.74) is 0.529. The Morgan fingerprint density at radius 2 is 1.83 bits per heavy atom. The van der Waals surface area contributed by atoms with Crippen molar-refractivity contribution < 1.29 is 26.5 Å². The predicted molar refractivity (Wildman–Crippen MR) is 110 cm³/mol. The molecule has 0 saturated carbocycles. The number of halogens is 1. The normalized spacial score (nSPS) is 11.6. The van der Waals surface area contributed by atoms with Crippen LogP contribution < -0.4 is 9.81 Å². The van der Waals surface area contributed by atoms with E-state index in [1.54, 1.807) is 6.07 Å². The first-order valence-electron chi connectivity index (χ1n) is 8.52. The summed E-state index contributed by atoms with van der Waals surface area (Å²) in [5, 5.41) is 0.695. The Hall–Kier alpha value is -2.65. The Kier molecular flexibility index (Phi) is 5.81. The van der Waals surface area contributed by atoms with Crippen LogP contribution in [-0.2, 0) is 14.9 Å². The van der Waals surface area contributed by atoms with Gasteiger partial charge in [-0.15, -0.1) is 0 Å². The van der Waals surface area contributed by atoms with Crippen LogP contribution in [0.25, 0.3) is 11.0 Å². The van der Waals surface area contributed by atoms with Crippen molar-refractivity contribution in [2.45, 2.75) is 24.7 Å². The lowest BCUT2D eigenvalue weighted by Crippen LogP contribution is -2.12. The van der Waals surface area contributed by atoms with Crippen LogP contribution in [-0.4, -0.2) is 21.5 Å². The minimum Gasteiger partial charge on any atom is -0.465 e. The first-order valence-corrected chi connectivity index (χ1v) is 10.7. The van der Waals surface area contributed by atoms with Gasteiger partial charge in [0, 0.05) is 22.0 Å². The number of methoxy groups -OCH3 is 1. The molecule has 3 aromatic rings. The third-order valence-electron chi connectivity index (χ3n) is 4.21. The molecular formula is C20H17BrO7S. The van der Waals surface area contributed by atoms with Crippen molar-refractivity contribution in [3.63, 3.8) is 0 Å². The maximum absolute atomic E-state index is 12.7. The zero-order valence-corrected chi connectivity index (χ0v) is 18.2. The molecule has 0 unspecified atom stereocenters. The van der Waals surface area contributed by atoms with E-state index in [1.165, 1.54) is 37.4 Å². The van der Waals surface area contributed by atoms with Crippen molar-refractivity contribution in [3.05, 3.63) is 68.5 Å². The standard InChI is InChI=1S/C20H17BrO7S/c1-11(2)15-10-19(22)27-18-8-12(4-6-14(15)18)28-29(24,25)13-5-7-17(21)16(9-13)20(23)26-3/h4-11H,1-3H3. The van der Waals surface area contributed by atoms with Gasteiger partial charge in [0.05, 0.1) is 12.7 Å². The van der Waals surface area contributed by atoms with Crippen molar-refractivity contribution >= 4 is 43.0 Å². The van der Waals surface area contributed by atoms with E-state index < -0.39 is 21.7 Å². The van der Waals surface area contributed by atoms with Crippen LogP contribution in [0.3, 0.4) is 0 Å². The van der Waals surface area contributed by atoms with Crippen LogP contribution in [0.2, 0.25) is 0 Å². The van der Waals surface area contributed by atoms with Gasteiger partial charge in [0.1, 0.15) is 16.2 Å². The van der Waals surface area contributed by atoms with E-state index in [0.717, 1.165) is 11.6 Å². The molecule has 1 heterocycles. The van der Waals surface area contributed by atoms with Gasteiger partial charge in [0.15, 0.2) is 0 Å². The van der Waals surface area contributed by atoms with Crippen molar-refractivity contribution in [2.75, 3.05) is 7.11 Å². The summed E-state index contributed by atoms with van der Waals surface area (Å²) in [6.07, 6.45) is 0. The van der Waals surface area contributed by atoms with E-state index in [0.29, 0.717) is 9.86 Å². The lowest BCUT2D eigenvalue weighted by molar-refractivity contribution is 0.0599. The second kappa shape index (κ2) is 8.00. The Balaban J connectivity index is 2.02. The second-order valence-corrected chi connectivity index (χ2v) is 8.90. The van der Waals surface area contributed by atoms with E-state index in [-0.39, 0.29) is 27.7 Å². The maximum Gasteiger partial charge on any atom is 0.339 e. The van der Waals surface area contributed by atoms with Gasteiger partial charge >= 0.3 is 21.7 Å². The maximum atomic E-state index is 12.7. The van der Waals surface area contributed by atoms with E-state index in [4.69, 9.17) is 8.60 Å². The average Bonchev–Trinajstić information content (AvgIpc) is 2.66. The molecule has 9 heteroatoms. The predicted octanol–water partition coefficient (Wildman–Crippen LogP) is 4.23. The SMILES string of the molecule is COC(=O)c1cc(S(=O)(=O)Oc2ccc3c(C(C)C)cc(=O)oc3c2)ccc1Br. The molecule has 0 spiro atoms. The first kappa shape index (κ1) is 21.1. The van der Waals surface area contributed by atoms with Crippen molar-refractivity contribution in [1.29, 1.82) is 0 Å². The first-order chi connectivity index (χ1) is 13.6. The van der Waals surface area contributed by atoms with Crippen molar-refractivity contribution in [2.24, 2.45) is 0 Å². The van der Waals surface area contributed by atoms with E-state index in [9.17, 15) is 18.0 Å². The Morgan fingerprint density at radius 3 is 2.48 bits per heavy atom. The molecule has 0 bridgehead atoms. The fourth-order valence-corrected chi connectivity index (χ4v) is 4.16. The summed E-state index contributed by atoms with van der Waals surface area (Å²) in [6, 6.07) is 9.75. The van der Waals surface area contributed by atoms with Gasteiger partial charge in [-0.25, -0.2) is 9.59 Å².